The third kappa shape index (κ3) is 6.16. The zero-order valence-electron chi connectivity index (χ0n) is 24.3. The van der Waals surface area contributed by atoms with Gasteiger partial charge < -0.3 is 10.2 Å². The Morgan fingerprint density at radius 2 is 1.83 bits per heavy atom. The van der Waals surface area contributed by atoms with Crippen LogP contribution in [0.2, 0.25) is 0 Å². The van der Waals surface area contributed by atoms with Gasteiger partial charge in [-0.25, -0.2) is 14.1 Å². The van der Waals surface area contributed by atoms with E-state index in [-0.39, 0.29) is 29.5 Å². The van der Waals surface area contributed by atoms with E-state index < -0.39 is 22.4 Å². The molecule has 1 saturated carbocycles. The largest absolute Gasteiger partial charge is 0.368 e. The van der Waals surface area contributed by atoms with Crippen molar-refractivity contribution in [3.05, 3.63) is 59.8 Å². The number of nitriles is 1. The summed E-state index contributed by atoms with van der Waals surface area (Å²) in [5, 5.41) is 17.5. The minimum absolute atomic E-state index is 0.0175. The quantitative estimate of drug-likeness (QED) is 0.311. The van der Waals surface area contributed by atoms with Crippen molar-refractivity contribution in [2.75, 3.05) is 29.5 Å². The molecule has 0 radical (unpaired) electrons. The van der Waals surface area contributed by atoms with Gasteiger partial charge in [-0.15, -0.1) is 0 Å². The van der Waals surface area contributed by atoms with E-state index in [0.29, 0.717) is 31.0 Å². The predicted octanol–water partition coefficient (Wildman–Crippen LogP) is 5.89. The third-order valence-electron chi connectivity index (χ3n) is 8.54. The fraction of sp³-hybridized carbons (Fsp3) is 0.484. The van der Waals surface area contributed by atoms with Gasteiger partial charge in [0.15, 0.2) is 11.6 Å². The first-order valence-corrected chi connectivity index (χ1v) is 16.5. The standard InChI is InChI=1S/C31H39FN6O3S/c1-20(2)27(19-33)35-31(39)25-8-5-4-7-24(25)29-28(21(3)38(36-29)30-26(32)9-6-14-34-30)22-10-12-23(13-11-22)37-15-17-42(40,41)18-16-37/h6,9-14,20,24-25,27,40-41H,4-5,7-8,15-18H2,1-3H3,(H,35,39)/t24-,25-,27-/m1/s1. The molecule has 0 spiro atoms. The molecule has 224 valence electrons. The number of nitrogens with one attached hydrogen (secondary N) is 1. The van der Waals surface area contributed by atoms with E-state index >= 15 is 0 Å². The summed E-state index contributed by atoms with van der Waals surface area (Å²) in [6.45, 7) is 6.86. The minimum Gasteiger partial charge on any atom is -0.368 e. The van der Waals surface area contributed by atoms with Gasteiger partial charge in [-0.2, -0.15) is 21.0 Å². The van der Waals surface area contributed by atoms with Crippen molar-refractivity contribution >= 4 is 22.2 Å². The minimum atomic E-state index is -2.49. The number of hydrogen-bond donors (Lipinski definition) is 3. The van der Waals surface area contributed by atoms with Crippen molar-refractivity contribution in [3.8, 4) is 23.0 Å². The predicted molar refractivity (Wildman–Crippen MR) is 163 cm³/mol. The molecule has 1 aromatic carbocycles. The van der Waals surface area contributed by atoms with Crippen molar-refractivity contribution in [2.24, 2.45) is 11.8 Å². The van der Waals surface area contributed by atoms with Crippen LogP contribution in [0.4, 0.5) is 10.1 Å². The van der Waals surface area contributed by atoms with Crippen LogP contribution in [0.1, 0.15) is 56.8 Å². The van der Waals surface area contributed by atoms with E-state index in [1.54, 1.807) is 10.7 Å². The molecule has 42 heavy (non-hydrogen) atoms. The number of halogens is 1. The molecule has 3 atom stereocenters. The van der Waals surface area contributed by atoms with Gasteiger partial charge in [0.05, 0.1) is 29.0 Å². The normalized spacial score (nSPS) is 21.9. The van der Waals surface area contributed by atoms with Crippen LogP contribution in [0.15, 0.2) is 42.6 Å². The monoisotopic (exact) mass is 594 g/mol. The summed E-state index contributed by atoms with van der Waals surface area (Å²) in [7, 11) is -2.49. The number of pyridine rings is 1. The molecule has 1 saturated heterocycles. The number of amides is 1. The average Bonchev–Trinajstić information content (AvgIpc) is 3.32. The molecule has 1 aliphatic carbocycles. The van der Waals surface area contributed by atoms with Gasteiger partial charge in [0.2, 0.25) is 5.91 Å². The van der Waals surface area contributed by atoms with E-state index in [9.17, 15) is 23.6 Å². The fourth-order valence-corrected chi connectivity index (χ4v) is 7.31. The van der Waals surface area contributed by atoms with Crippen molar-refractivity contribution in [1.82, 2.24) is 20.1 Å². The zero-order chi connectivity index (χ0) is 30.0. The molecule has 5 rings (SSSR count). The van der Waals surface area contributed by atoms with Gasteiger partial charge in [0, 0.05) is 42.4 Å². The molecule has 3 heterocycles. The Morgan fingerprint density at radius 3 is 2.48 bits per heavy atom. The number of anilines is 1. The molecule has 9 nitrogen and oxygen atoms in total. The Morgan fingerprint density at radius 1 is 1.14 bits per heavy atom. The number of aromatic nitrogens is 3. The Balaban J connectivity index is 1.55. The number of carbonyl (C=O) groups is 1. The van der Waals surface area contributed by atoms with Crippen LogP contribution in [0.3, 0.4) is 0 Å². The van der Waals surface area contributed by atoms with Crippen LogP contribution in [-0.2, 0) is 4.79 Å². The maximum absolute atomic E-state index is 15.0. The van der Waals surface area contributed by atoms with Crippen molar-refractivity contribution < 1.29 is 18.3 Å². The van der Waals surface area contributed by atoms with Crippen LogP contribution < -0.4 is 10.2 Å². The van der Waals surface area contributed by atoms with Crippen LogP contribution >= 0.6 is 10.6 Å². The Bertz CT molecular complexity index is 1460. The summed E-state index contributed by atoms with van der Waals surface area (Å²) in [4.78, 5) is 20.0. The summed E-state index contributed by atoms with van der Waals surface area (Å²) in [6, 6.07) is 12.6. The van der Waals surface area contributed by atoms with Crippen LogP contribution in [0.25, 0.3) is 16.9 Å². The summed E-state index contributed by atoms with van der Waals surface area (Å²) in [5.74, 6) is -0.407. The van der Waals surface area contributed by atoms with E-state index in [1.165, 1.54) is 12.3 Å². The highest BCUT2D eigenvalue weighted by molar-refractivity contribution is 8.24. The molecule has 3 aromatic rings. The highest BCUT2D eigenvalue weighted by Crippen LogP contribution is 2.44. The average molecular weight is 595 g/mol. The Kier molecular flexibility index (Phi) is 8.87. The first-order valence-electron chi connectivity index (χ1n) is 14.6. The lowest BCUT2D eigenvalue weighted by Gasteiger charge is -2.41. The van der Waals surface area contributed by atoms with Gasteiger partial charge in [0.1, 0.15) is 6.04 Å². The van der Waals surface area contributed by atoms with Crippen molar-refractivity contribution in [1.29, 1.82) is 5.26 Å². The number of rotatable bonds is 7. The van der Waals surface area contributed by atoms with Crippen LogP contribution in [-0.4, -0.2) is 60.4 Å². The summed E-state index contributed by atoms with van der Waals surface area (Å²) < 4.78 is 36.5. The topological polar surface area (TPSA) is 127 Å². The summed E-state index contributed by atoms with van der Waals surface area (Å²) >= 11 is 0. The highest BCUT2D eigenvalue weighted by atomic mass is 32.3. The molecule has 11 heteroatoms. The number of benzene rings is 1. The summed E-state index contributed by atoms with van der Waals surface area (Å²) in [6.07, 6.45) is 4.82. The van der Waals surface area contributed by atoms with Crippen molar-refractivity contribution in [2.45, 2.75) is 58.4 Å². The Hall–Kier alpha value is -3.46. The van der Waals surface area contributed by atoms with Crippen molar-refractivity contribution in [3.63, 3.8) is 0 Å². The molecule has 2 aromatic heterocycles. The molecule has 0 unspecified atom stereocenters. The maximum atomic E-state index is 15.0. The maximum Gasteiger partial charge on any atom is 0.224 e. The second-order valence-electron chi connectivity index (χ2n) is 11.7. The smallest absolute Gasteiger partial charge is 0.224 e. The molecule has 1 amide bonds. The van der Waals surface area contributed by atoms with Gasteiger partial charge in [-0.3, -0.25) is 13.9 Å². The molecule has 2 aliphatic rings. The van der Waals surface area contributed by atoms with Gasteiger partial charge in [0.25, 0.3) is 0 Å². The van der Waals surface area contributed by atoms with Gasteiger partial charge in [-0.05, 0) is 55.5 Å². The second-order valence-corrected chi connectivity index (χ2v) is 14.1. The molecule has 3 N–H and O–H groups in total. The lowest BCUT2D eigenvalue weighted by atomic mass is 9.75. The second kappa shape index (κ2) is 12.4. The van der Waals surface area contributed by atoms with Crippen LogP contribution in [0, 0.1) is 35.9 Å². The molecule has 1 aliphatic heterocycles. The number of carbonyl (C=O) groups excluding carboxylic acids is 1. The van der Waals surface area contributed by atoms with E-state index in [0.717, 1.165) is 47.5 Å². The molecule has 0 bridgehead atoms. The lowest BCUT2D eigenvalue weighted by molar-refractivity contribution is -0.127. The van der Waals surface area contributed by atoms with E-state index in [1.807, 2.05) is 45.0 Å². The highest BCUT2D eigenvalue weighted by Gasteiger charge is 2.37. The van der Waals surface area contributed by atoms with Gasteiger partial charge >= 0.3 is 0 Å². The lowest BCUT2D eigenvalue weighted by Crippen LogP contribution is -2.43. The zero-order valence-corrected chi connectivity index (χ0v) is 25.1. The number of nitrogens with zero attached hydrogens (tertiary/aromatic N) is 5. The molecular formula is C31H39FN6O3S. The van der Waals surface area contributed by atoms with Gasteiger partial charge in [-0.1, -0.05) is 38.8 Å². The molecule has 2 fully saturated rings. The fourth-order valence-electron chi connectivity index (χ4n) is 6.08. The SMILES string of the molecule is Cc1c(-c2ccc(N3CCS(O)(O)CC3)cc2)c([C@@H]2CCCC[C@H]2C(=O)N[C@H](C#N)C(C)C)nn1-c1ncccc1F. The number of hydrogen-bond acceptors (Lipinski definition) is 7. The van der Waals surface area contributed by atoms with E-state index in [4.69, 9.17) is 5.10 Å². The first-order chi connectivity index (χ1) is 20.1. The third-order valence-corrected chi connectivity index (χ3v) is 10.2. The van der Waals surface area contributed by atoms with E-state index in [2.05, 4.69) is 21.3 Å². The van der Waals surface area contributed by atoms with Crippen LogP contribution in [0.5, 0.6) is 0 Å². The Labute approximate surface area is 248 Å². The summed E-state index contributed by atoms with van der Waals surface area (Å²) in [5.41, 5.74) is 4.20. The first kappa shape index (κ1) is 30.0. The molecular weight excluding hydrogens is 555 g/mol.